The maximum atomic E-state index is 9.41. The second kappa shape index (κ2) is 28.0. The molecule has 0 atom stereocenters. The van der Waals surface area contributed by atoms with Crippen LogP contribution in [0.15, 0.2) is 127 Å². The molecule has 0 amide bonds. The fraction of sp³-hybridized carbons (Fsp3) is 0.148. The first-order chi connectivity index (χ1) is 16.4. The summed E-state index contributed by atoms with van der Waals surface area (Å²) in [6.45, 7) is 16.0. The quantitative estimate of drug-likeness (QED) is 0.127. The molecule has 2 N–H and O–H groups in total. The van der Waals surface area contributed by atoms with Gasteiger partial charge in [-0.15, -0.1) is 6.58 Å². The summed E-state index contributed by atoms with van der Waals surface area (Å²) in [6, 6.07) is 5.73. The van der Waals surface area contributed by atoms with Gasteiger partial charge in [-0.25, -0.2) is 0 Å². The van der Waals surface area contributed by atoms with Gasteiger partial charge in [-0.05, 0) is 39.3 Å². The molecule has 1 aromatic rings. The molecule has 0 fully saturated rings. The number of nitrogens with one attached hydrogen (secondary N) is 2. The minimum atomic E-state index is -0.116. The number of hydrogen-bond donors (Lipinski definition) is 0. The average Bonchev–Trinajstić information content (AvgIpc) is 2.86. The predicted molar refractivity (Wildman–Crippen MR) is 149 cm³/mol. The van der Waals surface area contributed by atoms with Crippen molar-refractivity contribution in [2.45, 2.75) is 27.2 Å². The summed E-state index contributed by atoms with van der Waals surface area (Å²) in [4.78, 5) is 8.13. The third kappa shape index (κ3) is 23.6. The molecule has 0 bridgehead atoms. The molecule has 7 heteroatoms. The van der Waals surface area contributed by atoms with E-state index in [0.29, 0.717) is 12.1 Å². The summed E-state index contributed by atoms with van der Waals surface area (Å²) in [6.07, 6.45) is 20.3. The molecule has 0 aromatic carbocycles. The number of allylic oxidation sites excluding steroid dienone is 10. The molecule has 1 aromatic heterocycles. The predicted octanol–water partition coefficient (Wildman–Crippen LogP) is 9.05. The molecule has 0 saturated heterocycles. The summed E-state index contributed by atoms with van der Waals surface area (Å²) in [7, 11) is 4.57. The molecule has 1 heterocycles. The zero-order valence-corrected chi connectivity index (χ0v) is 22.6. The average molecular weight is 565 g/mol. The summed E-state index contributed by atoms with van der Waals surface area (Å²) < 4.78 is 0. The van der Waals surface area contributed by atoms with Crippen molar-refractivity contribution in [2.24, 2.45) is 4.99 Å². The van der Waals surface area contributed by atoms with Gasteiger partial charge in [-0.2, -0.15) is 17.1 Å². The van der Waals surface area contributed by atoms with E-state index in [-0.39, 0.29) is 11.4 Å². The number of aliphatic imine (C=N–C) groups is 1. The topological polar surface area (TPSA) is 95.2 Å². The third-order valence-corrected chi connectivity index (χ3v) is 3.21. The van der Waals surface area contributed by atoms with Crippen molar-refractivity contribution in [3.63, 3.8) is 0 Å². The van der Waals surface area contributed by atoms with Gasteiger partial charge >= 0.3 is 27.0 Å². The Kier molecular flexibility index (Phi) is 29.2. The number of nitrogens with zero attached hydrogens (tertiary/aromatic N) is 3. The van der Waals surface area contributed by atoms with E-state index in [1.807, 2.05) is 68.4 Å². The molecular weight excluding hydrogens is 531 g/mol. The Morgan fingerprint density at radius 1 is 1.12 bits per heavy atom. The van der Waals surface area contributed by atoms with Crippen molar-refractivity contribution >= 4 is 21.1 Å². The molecule has 34 heavy (non-hydrogen) atoms. The number of pyridine rings is 1. The Morgan fingerprint density at radius 2 is 1.76 bits per heavy atom. The monoisotopic (exact) mass is 565 g/mol. The second-order valence-corrected chi connectivity index (χ2v) is 5.93. The van der Waals surface area contributed by atoms with Crippen LogP contribution in [0.25, 0.3) is 16.9 Å². The Morgan fingerprint density at radius 3 is 2.26 bits per heavy atom. The molecule has 182 valence electrons. The fourth-order valence-corrected chi connectivity index (χ4v) is 1.75. The van der Waals surface area contributed by atoms with E-state index in [0.717, 1.165) is 11.4 Å². The second-order valence-electron chi connectivity index (χ2n) is 5.93. The minimum absolute atomic E-state index is 0.0216. The van der Waals surface area contributed by atoms with Gasteiger partial charge in [0.15, 0.2) is 0 Å². The van der Waals surface area contributed by atoms with Gasteiger partial charge in [-0.3, -0.25) is 9.98 Å². The van der Waals surface area contributed by atoms with Gasteiger partial charge in [0.05, 0.1) is 11.4 Å². The van der Waals surface area contributed by atoms with E-state index in [2.05, 4.69) is 39.4 Å². The summed E-state index contributed by atoms with van der Waals surface area (Å²) >= 11 is 1.82. The molecule has 0 spiro atoms. The molecule has 0 aliphatic carbocycles. The van der Waals surface area contributed by atoms with Gasteiger partial charge in [-0.1, -0.05) is 80.0 Å². The van der Waals surface area contributed by atoms with Crippen LogP contribution >= 0.6 is 9.69 Å². The molecular formula is C27H34ClN5Ru. The molecule has 0 unspecified atom stereocenters. The van der Waals surface area contributed by atoms with Crippen LogP contribution in [-0.4, -0.2) is 16.4 Å². The van der Waals surface area contributed by atoms with Crippen LogP contribution in [-0.2, 0) is 17.3 Å². The summed E-state index contributed by atoms with van der Waals surface area (Å²) in [5.41, 5.74) is 17.2. The summed E-state index contributed by atoms with van der Waals surface area (Å²) in [5.74, 6) is 0. The number of halogens is 1. The van der Waals surface area contributed by atoms with Gasteiger partial charge in [0.25, 0.3) is 0 Å². The van der Waals surface area contributed by atoms with E-state index in [1.165, 1.54) is 24.4 Å². The normalized spacial score (nSPS) is 11.5. The SMILES string of the molecule is C=C/C=C\C(=[N-])/C([NH-])=C/C=C\C/C([NH-])=C/C=C\C.C=CC.C=CN=C(C)c1ccccn1.[Cl][Ru+3]. The van der Waals surface area contributed by atoms with E-state index < -0.39 is 0 Å². The molecule has 0 saturated carbocycles. The summed E-state index contributed by atoms with van der Waals surface area (Å²) in [5, 5.41) is 9.41. The van der Waals surface area contributed by atoms with E-state index in [4.69, 9.17) is 11.5 Å². The van der Waals surface area contributed by atoms with E-state index >= 15 is 0 Å². The van der Waals surface area contributed by atoms with E-state index in [9.17, 15) is 5.41 Å². The van der Waals surface area contributed by atoms with E-state index in [1.54, 1.807) is 36.6 Å². The maximum absolute atomic E-state index is 9.41. The van der Waals surface area contributed by atoms with Gasteiger partial charge in [0, 0.05) is 12.4 Å². The van der Waals surface area contributed by atoms with Gasteiger partial charge in [0.1, 0.15) is 0 Å². The van der Waals surface area contributed by atoms with Crippen LogP contribution in [0.3, 0.4) is 0 Å². The van der Waals surface area contributed by atoms with Crippen LogP contribution in [0.2, 0.25) is 0 Å². The zero-order chi connectivity index (χ0) is 26.6. The van der Waals surface area contributed by atoms with Crippen LogP contribution in [0.4, 0.5) is 0 Å². The van der Waals surface area contributed by atoms with Gasteiger partial charge < -0.3 is 16.9 Å². The fourth-order valence-electron chi connectivity index (χ4n) is 1.75. The van der Waals surface area contributed by atoms with Crippen molar-refractivity contribution < 1.29 is 17.3 Å². The molecule has 0 radical (unpaired) electrons. The molecule has 5 nitrogen and oxygen atoms in total. The van der Waals surface area contributed by atoms with Crippen LogP contribution < -0.4 is 0 Å². The molecule has 0 aliphatic heterocycles. The third-order valence-electron chi connectivity index (χ3n) is 3.21. The zero-order valence-electron chi connectivity index (χ0n) is 20.1. The number of aromatic nitrogens is 1. The van der Waals surface area contributed by atoms with Crippen LogP contribution in [0, 0.1) is 0 Å². The van der Waals surface area contributed by atoms with Crippen molar-refractivity contribution in [2.75, 3.05) is 0 Å². The number of hydrogen-bond acceptors (Lipinski definition) is 2. The first-order valence-corrected chi connectivity index (χ1v) is 12.4. The first kappa shape index (κ1) is 35.5. The molecule has 0 aliphatic rings. The van der Waals surface area contributed by atoms with Crippen LogP contribution in [0.5, 0.6) is 0 Å². The molecule has 1 rings (SSSR count). The Labute approximate surface area is 220 Å². The Hall–Kier alpha value is -3.08. The van der Waals surface area contributed by atoms with Crippen molar-refractivity contribution in [1.29, 1.82) is 0 Å². The van der Waals surface area contributed by atoms with Gasteiger partial charge in [0.2, 0.25) is 0 Å². The number of rotatable bonds is 9. The van der Waals surface area contributed by atoms with Crippen molar-refractivity contribution in [3.8, 4) is 0 Å². The Balaban J connectivity index is -0.000000507. The Bertz CT molecular complexity index is 880. The first-order valence-electron chi connectivity index (χ1n) is 10.1. The standard InChI is InChI=1S/C15H18N3.C9H10N2.C3H6.ClH.Ru/c1-3-5-9-13(16)10-7-8-12-15(18)14(17)11-6-4-2;1-3-10-8(2)9-6-4-5-7-11-9;1-3-2;;/h3-9,11-12,16,18H,2,10H2,1H3;3-7H,1H2,2H3;3H,1H2,2H3;1H;/q-3;;;;+4/p-1/b5-3-,8-7-,11-6-,13-9-,15-12-;;;;. The van der Waals surface area contributed by atoms with Crippen molar-refractivity contribution in [3.05, 3.63) is 145 Å². The van der Waals surface area contributed by atoms with Crippen LogP contribution in [0.1, 0.15) is 32.9 Å². The van der Waals surface area contributed by atoms with Crippen molar-refractivity contribution in [1.82, 2.24) is 4.98 Å².